The molecule has 2 aromatic rings. The third-order valence-electron chi connectivity index (χ3n) is 4.22. The third kappa shape index (κ3) is 4.76. The highest BCUT2D eigenvalue weighted by Crippen LogP contribution is 2.33. The van der Waals surface area contributed by atoms with Crippen LogP contribution in [0, 0.1) is 0 Å². The van der Waals surface area contributed by atoms with Gasteiger partial charge in [0, 0.05) is 13.0 Å². The van der Waals surface area contributed by atoms with Crippen LogP contribution in [0.15, 0.2) is 48.5 Å². The molecule has 6 heteroatoms. The second kappa shape index (κ2) is 8.72. The Balaban J connectivity index is 1.69. The summed E-state index contributed by atoms with van der Waals surface area (Å²) in [4.78, 5) is 26.1. The van der Waals surface area contributed by atoms with Crippen LogP contribution < -0.4 is 10.1 Å². The van der Waals surface area contributed by atoms with E-state index >= 15 is 0 Å². The van der Waals surface area contributed by atoms with Crippen molar-refractivity contribution in [3.8, 4) is 11.5 Å². The molecule has 0 aromatic heterocycles. The molecule has 0 bridgehead atoms. The van der Waals surface area contributed by atoms with Crippen molar-refractivity contribution >= 4 is 29.1 Å². The fourth-order valence-corrected chi connectivity index (χ4v) is 3.05. The summed E-state index contributed by atoms with van der Waals surface area (Å²) in [6.07, 6.45) is 3.37. The Hall–Kier alpha value is -2.53. The average molecular weight is 373 g/mol. The molecule has 136 valence electrons. The van der Waals surface area contributed by atoms with Gasteiger partial charge in [0.15, 0.2) is 5.75 Å². The lowest BCUT2D eigenvalue weighted by Gasteiger charge is -2.20. The molecule has 26 heavy (non-hydrogen) atoms. The number of carbonyl (C=O) groups is 2. The number of rotatable bonds is 5. The number of halogens is 1. The molecule has 1 heterocycles. The zero-order valence-corrected chi connectivity index (χ0v) is 15.2. The molecule has 0 radical (unpaired) electrons. The van der Waals surface area contributed by atoms with Gasteiger partial charge in [-0.15, -0.1) is 0 Å². The summed E-state index contributed by atoms with van der Waals surface area (Å²) in [7, 11) is 0. The fourth-order valence-electron chi connectivity index (χ4n) is 2.87. The smallest absolute Gasteiger partial charge is 0.244 e. The number of nitrogens with one attached hydrogen (secondary N) is 1. The van der Waals surface area contributed by atoms with Crippen LogP contribution in [0.3, 0.4) is 0 Å². The van der Waals surface area contributed by atoms with Crippen molar-refractivity contribution in [3.05, 3.63) is 53.6 Å². The van der Waals surface area contributed by atoms with Gasteiger partial charge < -0.3 is 15.0 Å². The fraction of sp³-hybridized carbons (Fsp3) is 0.300. The number of amides is 2. The minimum Gasteiger partial charge on any atom is -0.454 e. The van der Waals surface area contributed by atoms with Crippen LogP contribution in [0.2, 0.25) is 5.02 Å². The molecule has 3 rings (SSSR count). The van der Waals surface area contributed by atoms with Crippen LogP contribution in [0.5, 0.6) is 11.5 Å². The van der Waals surface area contributed by atoms with E-state index in [0.717, 1.165) is 19.3 Å². The van der Waals surface area contributed by atoms with Crippen molar-refractivity contribution < 1.29 is 14.3 Å². The molecule has 1 aliphatic rings. The van der Waals surface area contributed by atoms with E-state index in [1.54, 1.807) is 29.2 Å². The third-order valence-corrected chi connectivity index (χ3v) is 4.54. The zero-order chi connectivity index (χ0) is 18.4. The lowest BCUT2D eigenvalue weighted by molar-refractivity contribution is -0.134. The molecule has 0 aliphatic carbocycles. The number of para-hydroxylation sites is 3. The Morgan fingerprint density at radius 2 is 1.77 bits per heavy atom. The molecular weight excluding hydrogens is 352 g/mol. The van der Waals surface area contributed by atoms with E-state index in [0.29, 0.717) is 35.2 Å². The standard InChI is InChI=1S/C20H21ClN2O3/c21-15-8-3-5-10-17(15)26-18-11-6-4-9-16(18)22-19(24)14-23-13-7-1-2-12-20(23)25/h3-6,8-11H,1-2,7,12-14H2,(H,22,24). The van der Waals surface area contributed by atoms with E-state index in [2.05, 4.69) is 5.32 Å². The number of carbonyl (C=O) groups excluding carboxylic acids is 2. The van der Waals surface area contributed by atoms with E-state index in [4.69, 9.17) is 16.3 Å². The maximum atomic E-state index is 12.4. The topological polar surface area (TPSA) is 58.6 Å². The lowest BCUT2D eigenvalue weighted by atomic mass is 10.2. The van der Waals surface area contributed by atoms with Gasteiger partial charge in [-0.3, -0.25) is 9.59 Å². The van der Waals surface area contributed by atoms with Gasteiger partial charge in [0.1, 0.15) is 5.75 Å². The van der Waals surface area contributed by atoms with Crippen LogP contribution >= 0.6 is 11.6 Å². The van der Waals surface area contributed by atoms with Gasteiger partial charge in [0.2, 0.25) is 11.8 Å². The normalized spacial score (nSPS) is 14.7. The molecule has 1 aliphatic heterocycles. The molecule has 1 N–H and O–H groups in total. The maximum absolute atomic E-state index is 12.4. The predicted octanol–water partition coefficient (Wildman–Crippen LogP) is 4.47. The van der Waals surface area contributed by atoms with Gasteiger partial charge >= 0.3 is 0 Å². The Morgan fingerprint density at radius 1 is 1.04 bits per heavy atom. The molecular formula is C20H21ClN2O3. The molecule has 5 nitrogen and oxygen atoms in total. The van der Waals surface area contributed by atoms with Crippen molar-refractivity contribution in [3.63, 3.8) is 0 Å². The Labute approximate surface area is 157 Å². The molecule has 0 spiro atoms. The van der Waals surface area contributed by atoms with Crippen molar-refractivity contribution in [2.24, 2.45) is 0 Å². The molecule has 1 fully saturated rings. The minimum absolute atomic E-state index is 0.0400. The zero-order valence-electron chi connectivity index (χ0n) is 14.4. The molecule has 0 unspecified atom stereocenters. The number of ether oxygens (including phenoxy) is 1. The van der Waals surface area contributed by atoms with E-state index in [9.17, 15) is 9.59 Å². The number of hydrogen-bond donors (Lipinski definition) is 1. The summed E-state index contributed by atoms with van der Waals surface area (Å²) in [6.45, 7) is 0.684. The van der Waals surface area contributed by atoms with Crippen LogP contribution in [0.1, 0.15) is 25.7 Å². The van der Waals surface area contributed by atoms with Gasteiger partial charge in [0.05, 0.1) is 17.3 Å². The average Bonchev–Trinajstić information content (AvgIpc) is 2.83. The Bertz CT molecular complexity index is 794. The van der Waals surface area contributed by atoms with Gasteiger partial charge in [-0.1, -0.05) is 42.3 Å². The van der Waals surface area contributed by atoms with E-state index in [1.165, 1.54) is 0 Å². The number of benzene rings is 2. The summed E-state index contributed by atoms with van der Waals surface area (Å²) in [6, 6.07) is 14.3. The number of likely N-dealkylation sites (tertiary alicyclic amines) is 1. The highest BCUT2D eigenvalue weighted by atomic mass is 35.5. The summed E-state index contributed by atoms with van der Waals surface area (Å²) in [5.74, 6) is 0.809. The summed E-state index contributed by atoms with van der Waals surface area (Å²) >= 11 is 6.14. The Morgan fingerprint density at radius 3 is 2.58 bits per heavy atom. The van der Waals surface area contributed by atoms with Crippen molar-refractivity contribution in [2.45, 2.75) is 25.7 Å². The van der Waals surface area contributed by atoms with Crippen LogP contribution in [-0.4, -0.2) is 29.8 Å². The summed E-state index contributed by atoms with van der Waals surface area (Å²) in [5.41, 5.74) is 0.541. The molecule has 0 saturated carbocycles. The van der Waals surface area contributed by atoms with E-state index in [-0.39, 0.29) is 18.4 Å². The molecule has 1 saturated heterocycles. The number of nitrogens with zero attached hydrogens (tertiary/aromatic N) is 1. The first-order chi connectivity index (χ1) is 12.6. The monoisotopic (exact) mass is 372 g/mol. The van der Waals surface area contributed by atoms with Gasteiger partial charge in [0.25, 0.3) is 0 Å². The first-order valence-corrected chi connectivity index (χ1v) is 9.10. The van der Waals surface area contributed by atoms with Gasteiger partial charge in [-0.2, -0.15) is 0 Å². The van der Waals surface area contributed by atoms with Crippen molar-refractivity contribution in [1.82, 2.24) is 4.90 Å². The second-order valence-electron chi connectivity index (χ2n) is 6.20. The Kier molecular flexibility index (Phi) is 6.12. The van der Waals surface area contributed by atoms with E-state index in [1.807, 2.05) is 24.3 Å². The number of anilines is 1. The predicted molar refractivity (Wildman–Crippen MR) is 102 cm³/mol. The largest absolute Gasteiger partial charge is 0.454 e. The summed E-state index contributed by atoms with van der Waals surface area (Å²) < 4.78 is 5.85. The van der Waals surface area contributed by atoms with Gasteiger partial charge in [-0.05, 0) is 37.1 Å². The minimum atomic E-state index is -0.240. The quantitative estimate of drug-likeness (QED) is 0.842. The van der Waals surface area contributed by atoms with Crippen LogP contribution in [0.4, 0.5) is 5.69 Å². The summed E-state index contributed by atoms with van der Waals surface area (Å²) in [5, 5.41) is 3.33. The molecule has 2 aromatic carbocycles. The van der Waals surface area contributed by atoms with Crippen LogP contribution in [-0.2, 0) is 9.59 Å². The highest BCUT2D eigenvalue weighted by Gasteiger charge is 2.20. The van der Waals surface area contributed by atoms with Crippen molar-refractivity contribution in [1.29, 1.82) is 0 Å². The SMILES string of the molecule is O=C(CN1CCCCCC1=O)Nc1ccccc1Oc1ccccc1Cl. The first-order valence-electron chi connectivity index (χ1n) is 8.72. The van der Waals surface area contributed by atoms with E-state index < -0.39 is 0 Å². The maximum Gasteiger partial charge on any atom is 0.244 e. The molecule has 0 atom stereocenters. The first kappa shape index (κ1) is 18.3. The highest BCUT2D eigenvalue weighted by molar-refractivity contribution is 6.32. The van der Waals surface area contributed by atoms with Crippen molar-refractivity contribution in [2.75, 3.05) is 18.4 Å². The second-order valence-corrected chi connectivity index (χ2v) is 6.61. The van der Waals surface area contributed by atoms with Gasteiger partial charge in [-0.25, -0.2) is 0 Å². The van der Waals surface area contributed by atoms with Crippen LogP contribution in [0.25, 0.3) is 0 Å². The molecule has 2 amide bonds. The number of hydrogen-bond acceptors (Lipinski definition) is 3. The lowest BCUT2D eigenvalue weighted by Crippen LogP contribution is -2.37.